The highest BCUT2D eigenvalue weighted by atomic mass is 16.3. The van der Waals surface area contributed by atoms with Crippen molar-refractivity contribution in [2.45, 2.75) is 25.6 Å². The van der Waals surface area contributed by atoms with Crippen LogP contribution >= 0.6 is 0 Å². The molecule has 6 heteroatoms. The molecule has 26 heavy (non-hydrogen) atoms. The Morgan fingerprint density at radius 3 is 2.81 bits per heavy atom. The maximum atomic E-state index is 11.8. The first kappa shape index (κ1) is 18.4. The Bertz CT molecular complexity index is 767. The van der Waals surface area contributed by atoms with E-state index < -0.39 is 6.10 Å². The van der Waals surface area contributed by atoms with Crippen molar-refractivity contribution in [3.63, 3.8) is 0 Å². The number of rotatable bonds is 6. The lowest BCUT2D eigenvalue weighted by Crippen LogP contribution is -2.33. The van der Waals surface area contributed by atoms with Crippen molar-refractivity contribution in [1.82, 2.24) is 19.6 Å². The average Bonchev–Trinajstić information content (AvgIpc) is 3.06. The molecule has 138 valence electrons. The van der Waals surface area contributed by atoms with Crippen LogP contribution in [-0.4, -0.2) is 57.8 Å². The van der Waals surface area contributed by atoms with Gasteiger partial charge in [-0.1, -0.05) is 42.5 Å². The molecule has 1 aliphatic rings. The summed E-state index contributed by atoms with van der Waals surface area (Å²) in [6.45, 7) is 3.38. The predicted molar refractivity (Wildman–Crippen MR) is 101 cm³/mol. The lowest BCUT2D eigenvalue weighted by atomic mass is 10.1. The number of benzene rings is 1. The lowest BCUT2D eigenvalue weighted by Gasteiger charge is -2.26. The molecule has 1 N–H and O–H groups in total. The minimum atomic E-state index is -0.852. The van der Waals surface area contributed by atoms with Crippen molar-refractivity contribution in [2.24, 2.45) is 0 Å². The number of aliphatic hydroxyl groups excluding tert-OH is 1. The van der Waals surface area contributed by atoms with Gasteiger partial charge in [-0.3, -0.25) is 14.4 Å². The van der Waals surface area contributed by atoms with Crippen LogP contribution in [0, 0.1) is 0 Å². The Kier molecular flexibility index (Phi) is 5.85. The van der Waals surface area contributed by atoms with Crippen LogP contribution in [0.15, 0.2) is 42.5 Å². The van der Waals surface area contributed by atoms with E-state index in [1.165, 1.54) is 10.5 Å². The second kappa shape index (κ2) is 8.29. The van der Waals surface area contributed by atoms with E-state index in [0.717, 1.165) is 31.9 Å². The summed E-state index contributed by atoms with van der Waals surface area (Å²) >= 11 is 0. The number of fused-ring (bicyclic) bond motifs is 1. The van der Waals surface area contributed by atoms with Gasteiger partial charge < -0.3 is 10.0 Å². The van der Waals surface area contributed by atoms with Crippen LogP contribution in [0.5, 0.6) is 0 Å². The fourth-order valence-electron chi connectivity index (χ4n) is 3.02. The van der Waals surface area contributed by atoms with Crippen molar-refractivity contribution in [2.75, 3.05) is 27.2 Å². The summed E-state index contributed by atoms with van der Waals surface area (Å²) in [5, 5.41) is 14.8. The molecule has 0 radical (unpaired) electrons. The van der Waals surface area contributed by atoms with Crippen molar-refractivity contribution >= 4 is 12.0 Å². The predicted octanol–water partition coefficient (Wildman–Crippen LogP) is 1.92. The zero-order valence-corrected chi connectivity index (χ0v) is 15.4. The zero-order chi connectivity index (χ0) is 18.5. The molecule has 1 aromatic heterocycles. The molecule has 0 spiro atoms. The number of carbonyl (C=O) groups is 1. The van der Waals surface area contributed by atoms with Crippen LogP contribution in [0.1, 0.15) is 29.5 Å². The number of aliphatic hydroxyl groups is 1. The molecule has 1 amide bonds. The Morgan fingerprint density at radius 2 is 2.08 bits per heavy atom. The molecule has 0 aliphatic carbocycles. The summed E-state index contributed by atoms with van der Waals surface area (Å²) in [6.07, 6.45) is 3.52. The Labute approximate surface area is 154 Å². The highest BCUT2D eigenvalue weighted by Gasteiger charge is 2.22. The van der Waals surface area contributed by atoms with Crippen molar-refractivity contribution in [3.05, 3.63) is 59.4 Å². The quantitative estimate of drug-likeness (QED) is 0.861. The van der Waals surface area contributed by atoms with E-state index in [4.69, 9.17) is 0 Å². The number of amides is 1. The van der Waals surface area contributed by atoms with Gasteiger partial charge in [0.25, 0.3) is 0 Å². The van der Waals surface area contributed by atoms with Gasteiger partial charge in [0.2, 0.25) is 5.91 Å². The van der Waals surface area contributed by atoms with Gasteiger partial charge >= 0.3 is 0 Å². The Morgan fingerprint density at radius 1 is 1.31 bits per heavy atom. The van der Waals surface area contributed by atoms with Gasteiger partial charge in [0.15, 0.2) is 0 Å². The summed E-state index contributed by atoms with van der Waals surface area (Å²) in [5.41, 5.74) is 2.86. The third-order valence-electron chi connectivity index (χ3n) is 4.58. The van der Waals surface area contributed by atoms with E-state index in [2.05, 4.69) is 34.3 Å². The van der Waals surface area contributed by atoms with Gasteiger partial charge in [-0.15, -0.1) is 0 Å². The molecule has 0 bridgehead atoms. The van der Waals surface area contributed by atoms with E-state index >= 15 is 0 Å². The summed E-state index contributed by atoms with van der Waals surface area (Å²) in [4.78, 5) is 15.6. The van der Waals surface area contributed by atoms with E-state index in [1.807, 2.05) is 28.9 Å². The second-order valence-corrected chi connectivity index (χ2v) is 6.84. The maximum Gasteiger partial charge on any atom is 0.225 e. The van der Waals surface area contributed by atoms with Crippen LogP contribution < -0.4 is 0 Å². The molecule has 1 aromatic carbocycles. The van der Waals surface area contributed by atoms with Crippen LogP contribution in [-0.2, 0) is 17.9 Å². The lowest BCUT2D eigenvalue weighted by molar-refractivity contribution is -0.130. The van der Waals surface area contributed by atoms with Crippen LogP contribution in [0.2, 0.25) is 0 Å². The molecule has 1 atom stereocenters. The molecule has 1 unspecified atom stereocenters. The number of hydrogen-bond acceptors (Lipinski definition) is 4. The van der Waals surface area contributed by atoms with E-state index in [-0.39, 0.29) is 12.3 Å². The minimum absolute atomic E-state index is 0.0625. The van der Waals surface area contributed by atoms with Gasteiger partial charge in [0.05, 0.1) is 24.4 Å². The molecule has 1 aliphatic heterocycles. The second-order valence-electron chi connectivity index (χ2n) is 6.84. The fraction of sp³-hybridized carbons (Fsp3) is 0.400. The molecule has 2 heterocycles. The average molecular weight is 354 g/mol. The summed E-state index contributed by atoms with van der Waals surface area (Å²) in [7, 11) is 3.38. The smallest absolute Gasteiger partial charge is 0.225 e. The third-order valence-corrected chi connectivity index (χ3v) is 4.58. The minimum Gasteiger partial charge on any atom is -0.386 e. The normalized spacial score (nSPS) is 15.8. The maximum absolute atomic E-state index is 11.8. The van der Waals surface area contributed by atoms with Gasteiger partial charge in [-0.2, -0.15) is 5.10 Å². The van der Waals surface area contributed by atoms with Crippen molar-refractivity contribution < 1.29 is 9.90 Å². The monoisotopic (exact) mass is 354 g/mol. The SMILES string of the molecule is CN(C)C(=O)CC(O)c1cc2n(n1)CCN(C/C=C/c1ccccc1)C2. The van der Waals surface area contributed by atoms with E-state index in [9.17, 15) is 9.90 Å². The molecule has 3 rings (SSSR count). The third kappa shape index (κ3) is 4.59. The number of hydrogen-bond donors (Lipinski definition) is 1. The summed E-state index contributed by atoms with van der Waals surface area (Å²) in [5.74, 6) is -0.101. The molecule has 0 saturated carbocycles. The highest BCUT2D eigenvalue weighted by Crippen LogP contribution is 2.20. The van der Waals surface area contributed by atoms with Crippen LogP contribution in [0.4, 0.5) is 0 Å². The molecule has 2 aromatic rings. The first-order valence-electron chi connectivity index (χ1n) is 8.91. The summed E-state index contributed by atoms with van der Waals surface area (Å²) < 4.78 is 1.94. The van der Waals surface area contributed by atoms with Gasteiger partial charge in [0.1, 0.15) is 6.10 Å². The van der Waals surface area contributed by atoms with Gasteiger partial charge in [-0.25, -0.2) is 0 Å². The zero-order valence-electron chi connectivity index (χ0n) is 15.4. The number of carbonyl (C=O) groups excluding carboxylic acids is 1. The number of nitrogens with zero attached hydrogens (tertiary/aromatic N) is 4. The molecule has 0 fully saturated rings. The van der Waals surface area contributed by atoms with Gasteiger partial charge in [0, 0.05) is 33.7 Å². The van der Waals surface area contributed by atoms with E-state index in [0.29, 0.717) is 5.69 Å². The highest BCUT2D eigenvalue weighted by molar-refractivity contribution is 5.76. The largest absolute Gasteiger partial charge is 0.386 e. The molecule has 0 saturated heterocycles. The summed E-state index contributed by atoms with van der Waals surface area (Å²) in [6, 6.07) is 12.2. The molecule has 6 nitrogen and oxygen atoms in total. The molecular weight excluding hydrogens is 328 g/mol. The van der Waals surface area contributed by atoms with Gasteiger partial charge in [-0.05, 0) is 11.6 Å². The Hall–Kier alpha value is -2.44. The van der Waals surface area contributed by atoms with Crippen LogP contribution in [0.3, 0.4) is 0 Å². The topological polar surface area (TPSA) is 61.6 Å². The Balaban J connectivity index is 1.58. The van der Waals surface area contributed by atoms with Crippen molar-refractivity contribution in [1.29, 1.82) is 0 Å². The van der Waals surface area contributed by atoms with E-state index in [1.54, 1.807) is 14.1 Å². The fourth-order valence-corrected chi connectivity index (χ4v) is 3.02. The standard InChI is InChI=1S/C20H26N4O2/c1-22(2)20(26)14-19(25)18-13-17-15-23(11-12-24(17)21-18)10-6-9-16-7-4-3-5-8-16/h3-9,13,19,25H,10-12,14-15H2,1-2H3/b9-6+. The molecular formula is C20H26N4O2. The first-order chi connectivity index (χ1) is 12.5. The van der Waals surface area contributed by atoms with Crippen molar-refractivity contribution in [3.8, 4) is 0 Å². The number of aromatic nitrogens is 2. The van der Waals surface area contributed by atoms with Crippen LogP contribution in [0.25, 0.3) is 6.08 Å². The first-order valence-corrected chi connectivity index (χ1v) is 8.91.